The first-order valence-corrected chi connectivity index (χ1v) is 5.33. The Bertz CT molecular complexity index is 311. The van der Waals surface area contributed by atoms with Gasteiger partial charge in [0.25, 0.3) is 0 Å². The molecule has 0 saturated heterocycles. The lowest BCUT2D eigenvalue weighted by molar-refractivity contribution is 0.0903. The van der Waals surface area contributed by atoms with E-state index in [0.29, 0.717) is 6.54 Å². The smallest absolute Gasteiger partial charge is 0.101 e. The van der Waals surface area contributed by atoms with E-state index in [-0.39, 0.29) is 6.10 Å². The number of halogens is 1. The van der Waals surface area contributed by atoms with Crippen molar-refractivity contribution >= 4 is 15.9 Å². The van der Waals surface area contributed by atoms with Gasteiger partial charge in [0, 0.05) is 14.2 Å². The highest BCUT2D eigenvalue weighted by atomic mass is 79.9. The lowest BCUT2D eigenvalue weighted by Gasteiger charge is -2.15. The molecule has 1 aromatic heterocycles. The molecule has 1 aromatic rings. The van der Waals surface area contributed by atoms with E-state index in [9.17, 15) is 0 Å². The number of rotatable bonds is 4. The van der Waals surface area contributed by atoms with Crippen LogP contribution in [0.25, 0.3) is 0 Å². The van der Waals surface area contributed by atoms with Gasteiger partial charge >= 0.3 is 0 Å². The molecular formula is C9H16BrN3O. The average molecular weight is 262 g/mol. The molecule has 0 amide bonds. The second-order valence-electron chi connectivity index (χ2n) is 3.21. The van der Waals surface area contributed by atoms with Gasteiger partial charge < -0.3 is 10.5 Å². The molecule has 0 fully saturated rings. The van der Waals surface area contributed by atoms with Crippen LogP contribution < -0.4 is 5.73 Å². The fourth-order valence-electron chi connectivity index (χ4n) is 1.52. The van der Waals surface area contributed by atoms with E-state index >= 15 is 0 Å². The third-order valence-electron chi connectivity index (χ3n) is 2.21. The minimum absolute atomic E-state index is 0.0144. The summed E-state index contributed by atoms with van der Waals surface area (Å²) in [5, 5.41) is 4.31. The molecule has 1 heterocycles. The Kier molecular flexibility index (Phi) is 4.10. The summed E-state index contributed by atoms with van der Waals surface area (Å²) in [6.45, 7) is 2.57. The fourth-order valence-corrected chi connectivity index (χ4v) is 2.11. The lowest BCUT2D eigenvalue weighted by Crippen LogP contribution is -2.13. The molecule has 1 unspecified atom stereocenters. The molecule has 5 heteroatoms. The summed E-state index contributed by atoms with van der Waals surface area (Å²) >= 11 is 3.51. The summed E-state index contributed by atoms with van der Waals surface area (Å²) in [6, 6.07) is 0. The number of ether oxygens (including phenoxy) is 1. The molecule has 0 aliphatic rings. The summed E-state index contributed by atoms with van der Waals surface area (Å²) in [5.74, 6) is 0. The van der Waals surface area contributed by atoms with E-state index in [2.05, 4.69) is 21.0 Å². The van der Waals surface area contributed by atoms with Gasteiger partial charge in [-0.2, -0.15) is 5.10 Å². The maximum atomic E-state index is 5.52. The highest BCUT2D eigenvalue weighted by Gasteiger charge is 2.19. The van der Waals surface area contributed by atoms with E-state index in [4.69, 9.17) is 10.5 Å². The van der Waals surface area contributed by atoms with Gasteiger partial charge in [-0.25, -0.2) is 0 Å². The maximum Gasteiger partial charge on any atom is 0.101 e. The standard InChI is InChI=1S/C9H16BrN3O/c1-6-8(10)9(13(2)12-6)7(14-3)4-5-11/h7H,4-5,11H2,1-3H3. The summed E-state index contributed by atoms with van der Waals surface area (Å²) in [5.41, 5.74) is 7.55. The number of nitrogens with zero attached hydrogens (tertiary/aromatic N) is 2. The first-order chi connectivity index (χ1) is 6.61. The molecule has 0 aliphatic carbocycles. The molecule has 80 valence electrons. The normalized spacial score (nSPS) is 13.2. The topological polar surface area (TPSA) is 53.1 Å². The van der Waals surface area contributed by atoms with Gasteiger partial charge in [0.1, 0.15) is 6.10 Å². The zero-order chi connectivity index (χ0) is 10.7. The van der Waals surface area contributed by atoms with Crippen molar-refractivity contribution < 1.29 is 4.74 Å². The SMILES string of the molecule is COC(CCN)c1c(Br)c(C)nn1C. The molecule has 2 N–H and O–H groups in total. The first kappa shape index (κ1) is 11.7. The van der Waals surface area contributed by atoms with Crippen molar-refractivity contribution in [2.45, 2.75) is 19.4 Å². The second-order valence-corrected chi connectivity index (χ2v) is 4.00. The number of hydrogen-bond acceptors (Lipinski definition) is 3. The molecule has 1 rings (SSSR count). The van der Waals surface area contributed by atoms with Crippen molar-refractivity contribution in [3.63, 3.8) is 0 Å². The van der Waals surface area contributed by atoms with Gasteiger partial charge in [-0.1, -0.05) is 0 Å². The summed E-state index contributed by atoms with van der Waals surface area (Å²) in [6.07, 6.45) is 0.814. The maximum absolute atomic E-state index is 5.52. The predicted octanol–water partition coefficient (Wildman–Crippen LogP) is 1.53. The number of aromatic nitrogens is 2. The van der Waals surface area contributed by atoms with E-state index < -0.39 is 0 Å². The zero-order valence-corrected chi connectivity index (χ0v) is 10.3. The van der Waals surface area contributed by atoms with Crippen molar-refractivity contribution in [2.75, 3.05) is 13.7 Å². The van der Waals surface area contributed by atoms with E-state index in [1.807, 2.05) is 18.7 Å². The molecule has 0 radical (unpaired) electrons. The third-order valence-corrected chi connectivity index (χ3v) is 3.19. The minimum Gasteiger partial charge on any atom is -0.375 e. The van der Waals surface area contributed by atoms with Gasteiger partial charge in [0.15, 0.2) is 0 Å². The van der Waals surface area contributed by atoms with Crippen LogP contribution in [0, 0.1) is 6.92 Å². The van der Waals surface area contributed by atoms with Gasteiger partial charge in [-0.3, -0.25) is 4.68 Å². The van der Waals surface area contributed by atoms with Crippen molar-refractivity contribution in [3.8, 4) is 0 Å². The Morgan fingerprint density at radius 2 is 2.29 bits per heavy atom. The van der Waals surface area contributed by atoms with Crippen LogP contribution in [0.15, 0.2) is 4.47 Å². The third kappa shape index (κ3) is 2.16. The van der Waals surface area contributed by atoms with Crippen LogP contribution in [-0.2, 0) is 11.8 Å². The monoisotopic (exact) mass is 261 g/mol. The highest BCUT2D eigenvalue weighted by Crippen LogP contribution is 2.29. The second kappa shape index (κ2) is 4.91. The predicted molar refractivity (Wildman–Crippen MR) is 59.1 cm³/mol. The Morgan fingerprint density at radius 1 is 1.64 bits per heavy atom. The van der Waals surface area contributed by atoms with Crippen LogP contribution in [0.2, 0.25) is 0 Å². The molecule has 0 aromatic carbocycles. The van der Waals surface area contributed by atoms with E-state index in [1.54, 1.807) is 7.11 Å². The Balaban J connectivity index is 3.02. The molecule has 0 saturated carbocycles. The fraction of sp³-hybridized carbons (Fsp3) is 0.667. The molecule has 0 spiro atoms. The molecule has 14 heavy (non-hydrogen) atoms. The molecule has 0 bridgehead atoms. The van der Waals surface area contributed by atoms with Gasteiger partial charge in [0.2, 0.25) is 0 Å². The van der Waals surface area contributed by atoms with E-state index in [0.717, 1.165) is 22.3 Å². The minimum atomic E-state index is 0.0144. The average Bonchev–Trinajstić information content (AvgIpc) is 2.39. The lowest BCUT2D eigenvalue weighted by atomic mass is 10.2. The Labute approximate surface area is 92.5 Å². The first-order valence-electron chi connectivity index (χ1n) is 4.53. The van der Waals surface area contributed by atoms with Crippen LogP contribution in [0.1, 0.15) is 23.9 Å². The number of nitrogens with two attached hydrogens (primary N) is 1. The number of methoxy groups -OCH3 is 1. The summed E-state index contributed by atoms with van der Waals surface area (Å²) in [7, 11) is 3.60. The van der Waals surface area contributed by atoms with Crippen LogP contribution >= 0.6 is 15.9 Å². The van der Waals surface area contributed by atoms with Gasteiger partial charge in [-0.15, -0.1) is 0 Å². The van der Waals surface area contributed by atoms with Crippen LogP contribution in [0.4, 0.5) is 0 Å². The van der Waals surface area contributed by atoms with Crippen molar-refractivity contribution in [3.05, 3.63) is 15.9 Å². The van der Waals surface area contributed by atoms with Crippen LogP contribution in [0.3, 0.4) is 0 Å². The van der Waals surface area contributed by atoms with Crippen molar-refractivity contribution in [2.24, 2.45) is 12.8 Å². The van der Waals surface area contributed by atoms with Gasteiger partial charge in [0.05, 0.1) is 15.9 Å². The highest BCUT2D eigenvalue weighted by molar-refractivity contribution is 9.10. The van der Waals surface area contributed by atoms with E-state index in [1.165, 1.54) is 0 Å². The van der Waals surface area contributed by atoms with Crippen molar-refractivity contribution in [1.29, 1.82) is 0 Å². The molecule has 4 nitrogen and oxygen atoms in total. The Hall–Kier alpha value is -0.390. The molecule has 1 atom stereocenters. The largest absolute Gasteiger partial charge is 0.375 e. The van der Waals surface area contributed by atoms with Gasteiger partial charge in [-0.05, 0) is 35.8 Å². The van der Waals surface area contributed by atoms with Crippen LogP contribution in [-0.4, -0.2) is 23.4 Å². The zero-order valence-electron chi connectivity index (χ0n) is 8.75. The molecule has 0 aliphatic heterocycles. The number of hydrogen-bond donors (Lipinski definition) is 1. The Morgan fingerprint density at radius 3 is 2.64 bits per heavy atom. The van der Waals surface area contributed by atoms with Crippen LogP contribution in [0.5, 0.6) is 0 Å². The van der Waals surface area contributed by atoms with Crippen molar-refractivity contribution in [1.82, 2.24) is 9.78 Å². The summed E-state index contributed by atoms with van der Waals surface area (Å²) < 4.78 is 8.23. The molecular weight excluding hydrogens is 246 g/mol. The summed E-state index contributed by atoms with van der Waals surface area (Å²) in [4.78, 5) is 0. The number of aryl methyl sites for hydroxylation is 2. The quantitative estimate of drug-likeness (QED) is 0.895.